The van der Waals surface area contributed by atoms with Crippen molar-refractivity contribution in [1.29, 1.82) is 0 Å². The number of benzene rings is 1. The van der Waals surface area contributed by atoms with Gasteiger partial charge in [-0.25, -0.2) is 0 Å². The number of fused-ring (bicyclic) bond motifs is 1. The van der Waals surface area contributed by atoms with E-state index in [2.05, 4.69) is 16.3 Å². The highest BCUT2D eigenvalue weighted by atomic mass is 16.5. The molecule has 1 amide bonds. The summed E-state index contributed by atoms with van der Waals surface area (Å²) in [7, 11) is 1.71. The largest absolute Gasteiger partial charge is 0.495 e. The average molecular weight is 300 g/mol. The van der Waals surface area contributed by atoms with Crippen LogP contribution in [-0.2, 0) is 4.79 Å². The van der Waals surface area contributed by atoms with Crippen LogP contribution in [-0.4, -0.2) is 32.1 Å². The number of carbonyl (C=O) groups is 1. The lowest BCUT2D eigenvalue weighted by Crippen LogP contribution is -2.38. The molecule has 1 aliphatic heterocycles. The Kier molecular flexibility index (Phi) is 3.47. The molecule has 1 N–H and O–H groups in total. The number of anilines is 1. The molecule has 3 atom stereocenters. The first-order valence-corrected chi connectivity index (χ1v) is 8.46. The molecule has 118 valence electrons. The summed E-state index contributed by atoms with van der Waals surface area (Å²) in [6, 6.07) is 8.39. The van der Waals surface area contributed by atoms with Crippen molar-refractivity contribution >= 4 is 11.6 Å². The Labute approximate surface area is 131 Å². The highest BCUT2D eigenvalue weighted by Crippen LogP contribution is 2.57. The van der Waals surface area contributed by atoms with Crippen LogP contribution in [0.4, 0.5) is 5.69 Å². The minimum atomic E-state index is 0.277. The molecule has 1 saturated heterocycles. The summed E-state index contributed by atoms with van der Waals surface area (Å²) in [4.78, 5) is 14.7. The minimum Gasteiger partial charge on any atom is -0.495 e. The lowest BCUT2D eigenvalue weighted by Gasteiger charge is -2.21. The molecule has 0 bridgehead atoms. The first-order chi connectivity index (χ1) is 10.8. The van der Waals surface area contributed by atoms with Gasteiger partial charge in [-0.15, -0.1) is 0 Å². The van der Waals surface area contributed by atoms with Crippen LogP contribution in [0.3, 0.4) is 0 Å². The second kappa shape index (κ2) is 5.49. The summed E-state index contributed by atoms with van der Waals surface area (Å²) in [6.45, 7) is 1.86. The molecule has 4 nitrogen and oxygen atoms in total. The maximum absolute atomic E-state index is 12.4. The lowest BCUT2D eigenvalue weighted by atomic mass is 10.1. The highest BCUT2D eigenvalue weighted by molar-refractivity contribution is 5.82. The summed E-state index contributed by atoms with van der Waals surface area (Å²) in [5.41, 5.74) is 1.13. The Bertz CT molecular complexity index is 564. The third-order valence-electron chi connectivity index (χ3n) is 5.67. The molecule has 0 radical (unpaired) electrons. The summed E-state index contributed by atoms with van der Waals surface area (Å²) in [6.07, 6.45) is 4.87. The second-order valence-electron chi connectivity index (χ2n) is 6.90. The van der Waals surface area contributed by atoms with Crippen molar-refractivity contribution in [2.45, 2.75) is 31.7 Å². The molecule has 22 heavy (non-hydrogen) atoms. The normalized spacial score (nSPS) is 32.7. The van der Waals surface area contributed by atoms with E-state index in [1.54, 1.807) is 7.11 Å². The van der Waals surface area contributed by atoms with Gasteiger partial charge in [-0.05, 0) is 43.2 Å². The summed E-state index contributed by atoms with van der Waals surface area (Å²) in [5, 5.41) is 3.29. The Balaban J connectivity index is 1.35. The molecule has 2 saturated carbocycles. The predicted molar refractivity (Wildman–Crippen MR) is 86.1 cm³/mol. The van der Waals surface area contributed by atoms with Crippen LogP contribution in [0.25, 0.3) is 0 Å². The van der Waals surface area contributed by atoms with Crippen LogP contribution in [0, 0.1) is 17.8 Å². The van der Waals surface area contributed by atoms with E-state index in [0.717, 1.165) is 30.9 Å². The fourth-order valence-electron chi connectivity index (χ4n) is 4.50. The second-order valence-corrected chi connectivity index (χ2v) is 6.90. The van der Waals surface area contributed by atoms with E-state index >= 15 is 0 Å². The zero-order valence-corrected chi connectivity index (χ0v) is 13.1. The minimum absolute atomic E-state index is 0.277. The zero-order chi connectivity index (χ0) is 15.1. The van der Waals surface area contributed by atoms with Gasteiger partial charge in [0.1, 0.15) is 5.75 Å². The third kappa shape index (κ3) is 2.34. The number of para-hydroxylation sites is 2. The predicted octanol–water partition coefficient (Wildman–Crippen LogP) is 2.44. The molecule has 4 rings (SSSR count). The van der Waals surface area contributed by atoms with Gasteiger partial charge in [0.2, 0.25) is 5.91 Å². The van der Waals surface area contributed by atoms with Crippen LogP contribution in [0.2, 0.25) is 0 Å². The van der Waals surface area contributed by atoms with Crippen molar-refractivity contribution in [1.82, 2.24) is 5.32 Å². The molecule has 4 heteroatoms. The van der Waals surface area contributed by atoms with Crippen molar-refractivity contribution < 1.29 is 9.53 Å². The maximum atomic E-state index is 12.4. The topological polar surface area (TPSA) is 41.6 Å². The molecular weight excluding hydrogens is 276 g/mol. The standard InChI is InChI=1S/C18H24N2O2/c1-22-16-8-3-2-7-15(16)20-10-9-12(11-20)19-18(21)17-13-5-4-6-14(13)17/h2-3,7-8,12-14,17H,4-6,9-11H2,1H3,(H,19,21)/t12-,13+,14+/m0/s1. The van der Waals surface area contributed by atoms with Gasteiger partial charge >= 0.3 is 0 Å². The Hall–Kier alpha value is -1.71. The van der Waals surface area contributed by atoms with Gasteiger partial charge in [-0.1, -0.05) is 18.6 Å². The summed E-state index contributed by atoms with van der Waals surface area (Å²) in [5.74, 6) is 2.94. The summed E-state index contributed by atoms with van der Waals surface area (Å²) >= 11 is 0. The smallest absolute Gasteiger partial charge is 0.223 e. The molecule has 1 aromatic rings. The number of amides is 1. The summed E-state index contributed by atoms with van der Waals surface area (Å²) < 4.78 is 5.44. The Morgan fingerprint density at radius 3 is 2.77 bits per heavy atom. The molecule has 3 fully saturated rings. The molecular formula is C18H24N2O2. The number of nitrogens with zero attached hydrogens (tertiary/aromatic N) is 1. The number of methoxy groups -OCH3 is 1. The van der Waals surface area contributed by atoms with E-state index in [1.807, 2.05) is 18.2 Å². The van der Waals surface area contributed by atoms with Crippen molar-refractivity contribution in [3.05, 3.63) is 24.3 Å². The molecule has 1 heterocycles. The van der Waals surface area contributed by atoms with E-state index in [4.69, 9.17) is 4.74 Å². The third-order valence-corrected chi connectivity index (χ3v) is 5.67. The van der Waals surface area contributed by atoms with E-state index in [1.165, 1.54) is 19.3 Å². The molecule has 0 aromatic heterocycles. The van der Waals surface area contributed by atoms with E-state index in [9.17, 15) is 4.79 Å². The maximum Gasteiger partial charge on any atom is 0.223 e. The van der Waals surface area contributed by atoms with Crippen molar-refractivity contribution in [3.63, 3.8) is 0 Å². The number of rotatable bonds is 4. The van der Waals surface area contributed by atoms with Crippen LogP contribution >= 0.6 is 0 Å². The van der Waals surface area contributed by atoms with Crippen molar-refractivity contribution in [2.24, 2.45) is 17.8 Å². The van der Waals surface area contributed by atoms with Crippen molar-refractivity contribution in [3.8, 4) is 5.75 Å². The van der Waals surface area contributed by atoms with Gasteiger partial charge in [0.15, 0.2) is 0 Å². The van der Waals surface area contributed by atoms with E-state index < -0.39 is 0 Å². The Morgan fingerprint density at radius 2 is 2.00 bits per heavy atom. The fraction of sp³-hybridized carbons (Fsp3) is 0.611. The molecule has 2 aliphatic carbocycles. The molecule has 1 aromatic carbocycles. The number of carbonyl (C=O) groups excluding carboxylic acids is 1. The SMILES string of the molecule is COc1ccccc1N1CC[C@H](NC(=O)C2[C@@H]3CCC[C@@H]23)C1. The van der Waals surface area contributed by atoms with Gasteiger partial charge in [0.25, 0.3) is 0 Å². The first-order valence-electron chi connectivity index (χ1n) is 8.46. The number of hydrogen-bond acceptors (Lipinski definition) is 3. The first kappa shape index (κ1) is 13.9. The van der Waals surface area contributed by atoms with Crippen molar-refractivity contribution in [2.75, 3.05) is 25.1 Å². The molecule has 0 unspecified atom stereocenters. The van der Waals surface area contributed by atoms with E-state index in [-0.39, 0.29) is 6.04 Å². The molecule has 3 aliphatic rings. The molecule has 0 spiro atoms. The average Bonchev–Trinajstić information content (AvgIpc) is 2.92. The number of nitrogens with one attached hydrogen (secondary N) is 1. The zero-order valence-electron chi connectivity index (χ0n) is 13.1. The van der Waals surface area contributed by atoms with Crippen LogP contribution in [0.1, 0.15) is 25.7 Å². The van der Waals surface area contributed by atoms with Gasteiger partial charge < -0.3 is 15.0 Å². The van der Waals surface area contributed by atoms with Crippen LogP contribution in [0.5, 0.6) is 5.75 Å². The van der Waals surface area contributed by atoms with E-state index in [0.29, 0.717) is 23.7 Å². The van der Waals surface area contributed by atoms with Gasteiger partial charge in [-0.3, -0.25) is 4.79 Å². The lowest BCUT2D eigenvalue weighted by molar-refractivity contribution is -0.123. The number of hydrogen-bond donors (Lipinski definition) is 1. The Morgan fingerprint density at radius 1 is 1.23 bits per heavy atom. The van der Waals surface area contributed by atoms with Crippen LogP contribution < -0.4 is 15.0 Å². The quantitative estimate of drug-likeness (QED) is 0.928. The fourth-order valence-corrected chi connectivity index (χ4v) is 4.50. The monoisotopic (exact) mass is 300 g/mol. The highest BCUT2D eigenvalue weighted by Gasteiger charge is 2.56. The van der Waals surface area contributed by atoms with Gasteiger partial charge in [-0.2, -0.15) is 0 Å². The van der Waals surface area contributed by atoms with Gasteiger partial charge in [0, 0.05) is 25.0 Å². The van der Waals surface area contributed by atoms with Gasteiger partial charge in [0.05, 0.1) is 12.8 Å². The van der Waals surface area contributed by atoms with Crippen LogP contribution in [0.15, 0.2) is 24.3 Å². The number of ether oxygens (including phenoxy) is 1.